The molecule has 1 aromatic heterocycles. The Bertz CT molecular complexity index is 1270. The molecule has 0 spiro atoms. The van der Waals surface area contributed by atoms with Crippen LogP contribution < -0.4 is 15.8 Å². The van der Waals surface area contributed by atoms with E-state index in [1.165, 1.54) is 6.08 Å². The van der Waals surface area contributed by atoms with E-state index in [-0.39, 0.29) is 18.0 Å². The first-order valence-electron chi connectivity index (χ1n) is 12.1. The van der Waals surface area contributed by atoms with Crippen LogP contribution in [0.3, 0.4) is 0 Å². The fourth-order valence-electron chi connectivity index (χ4n) is 5.08. The number of hydrogen-bond acceptors (Lipinski definition) is 6. The van der Waals surface area contributed by atoms with Crippen molar-refractivity contribution in [2.45, 2.75) is 25.4 Å². The molecule has 5 rings (SSSR count). The number of nitrogens with one attached hydrogen (secondary N) is 1. The zero-order valence-corrected chi connectivity index (χ0v) is 20.3. The molecule has 186 valence electrons. The molecule has 9 nitrogen and oxygen atoms in total. The van der Waals surface area contributed by atoms with Crippen LogP contribution in [0.25, 0.3) is 5.69 Å². The van der Waals surface area contributed by atoms with E-state index < -0.39 is 5.91 Å². The summed E-state index contributed by atoms with van der Waals surface area (Å²) in [6.07, 6.45) is 2.21. The lowest BCUT2D eigenvalue weighted by Crippen LogP contribution is -2.54. The molecule has 0 aliphatic carbocycles. The normalized spacial score (nSPS) is 19.8. The molecular formula is C27H30N6O3. The summed E-state index contributed by atoms with van der Waals surface area (Å²) in [5, 5.41) is 8.23. The fourth-order valence-corrected chi connectivity index (χ4v) is 5.08. The molecule has 2 aliphatic rings. The van der Waals surface area contributed by atoms with Gasteiger partial charge in [-0.1, -0.05) is 24.8 Å². The molecule has 0 radical (unpaired) electrons. The van der Waals surface area contributed by atoms with Gasteiger partial charge in [0, 0.05) is 32.2 Å². The molecule has 36 heavy (non-hydrogen) atoms. The highest BCUT2D eigenvalue weighted by molar-refractivity contribution is 5.98. The number of aromatic nitrogens is 2. The summed E-state index contributed by atoms with van der Waals surface area (Å²) in [5.74, 6) is 0.831. The number of ether oxygens (including phenoxy) is 1. The van der Waals surface area contributed by atoms with Crippen molar-refractivity contribution in [1.29, 1.82) is 0 Å². The summed E-state index contributed by atoms with van der Waals surface area (Å²) in [4.78, 5) is 28.9. The maximum Gasteiger partial charge on any atom is 0.269 e. The monoisotopic (exact) mass is 486 g/mol. The topological polar surface area (TPSA) is 106 Å². The van der Waals surface area contributed by atoms with Gasteiger partial charge < -0.3 is 20.7 Å². The van der Waals surface area contributed by atoms with Crippen LogP contribution in [0.5, 0.6) is 11.5 Å². The number of hydrogen-bond donors (Lipinski definition) is 2. The van der Waals surface area contributed by atoms with Gasteiger partial charge in [-0.05, 0) is 55.8 Å². The molecule has 1 unspecified atom stereocenters. The molecule has 1 saturated heterocycles. The second kappa shape index (κ2) is 9.87. The van der Waals surface area contributed by atoms with E-state index in [2.05, 4.69) is 16.8 Å². The summed E-state index contributed by atoms with van der Waals surface area (Å²) < 4.78 is 7.51. The van der Waals surface area contributed by atoms with E-state index in [1.807, 2.05) is 66.4 Å². The Morgan fingerprint density at radius 3 is 2.50 bits per heavy atom. The van der Waals surface area contributed by atoms with E-state index >= 15 is 0 Å². The predicted molar refractivity (Wildman–Crippen MR) is 137 cm³/mol. The molecule has 3 aromatic rings. The first-order valence-corrected chi connectivity index (χ1v) is 12.1. The highest BCUT2D eigenvalue weighted by atomic mass is 16.5. The molecule has 0 saturated carbocycles. The number of para-hydroxylation sites is 1. The minimum Gasteiger partial charge on any atom is -0.457 e. The molecule has 1 fully saturated rings. The standard InChI is InChI=1S/C27H30N6O3/c1-3-23(34)32-16-15-31(17-18(32)2)22-13-14-29-25-24(22)30-33(26(25)27(28)35)19-9-11-21(12-10-19)36-20-7-5-4-6-8-20/h3-12,18,22,29H,1,13-17H2,2H3,(H2,28,35)/t18-,22?/m1/s1. The van der Waals surface area contributed by atoms with E-state index in [0.717, 1.165) is 24.4 Å². The fraction of sp³-hybridized carbons (Fsp3) is 0.296. The Labute approximate surface area is 210 Å². The van der Waals surface area contributed by atoms with Crippen LogP contribution in [-0.2, 0) is 4.79 Å². The number of amides is 2. The Balaban J connectivity index is 1.43. The zero-order chi connectivity index (χ0) is 25.2. The summed E-state index contributed by atoms with van der Waals surface area (Å²) in [6, 6.07) is 17.0. The second-order valence-electron chi connectivity index (χ2n) is 9.10. The van der Waals surface area contributed by atoms with Crippen molar-refractivity contribution in [1.82, 2.24) is 19.6 Å². The minimum atomic E-state index is -0.545. The molecule has 3 N–H and O–H groups in total. The third-order valence-electron chi connectivity index (χ3n) is 6.80. The first-order chi connectivity index (χ1) is 17.5. The number of nitrogens with zero attached hydrogens (tertiary/aromatic N) is 4. The SMILES string of the molecule is C=CC(=O)N1CCN(C2CCNc3c2nn(-c2ccc(Oc4ccccc4)cc2)c3C(N)=O)C[C@H]1C. The number of fused-ring (bicyclic) bond motifs is 1. The van der Waals surface area contributed by atoms with E-state index in [9.17, 15) is 9.59 Å². The number of primary amides is 1. The van der Waals surface area contributed by atoms with Crippen LogP contribution in [-0.4, -0.2) is 63.6 Å². The lowest BCUT2D eigenvalue weighted by molar-refractivity contribution is -0.130. The van der Waals surface area contributed by atoms with Crippen molar-refractivity contribution in [3.8, 4) is 17.2 Å². The highest BCUT2D eigenvalue weighted by Gasteiger charge is 2.37. The molecule has 0 bridgehead atoms. The number of anilines is 1. The molecule has 9 heteroatoms. The highest BCUT2D eigenvalue weighted by Crippen LogP contribution is 2.38. The van der Waals surface area contributed by atoms with Gasteiger partial charge in [-0.15, -0.1) is 0 Å². The average Bonchev–Trinajstić information content (AvgIpc) is 3.29. The minimum absolute atomic E-state index is 0.0183. The smallest absolute Gasteiger partial charge is 0.269 e. The van der Waals surface area contributed by atoms with Crippen molar-refractivity contribution in [2.75, 3.05) is 31.5 Å². The maximum absolute atomic E-state index is 12.6. The van der Waals surface area contributed by atoms with Gasteiger partial charge in [-0.2, -0.15) is 5.10 Å². The number of nitrogens with two attached hydrogens (primary N) is 1. The number of rotatable bonds is 6. The van der Waals surface area contributed by atoms with Gasteiger partial charge in [-0.25, -0.2) is 4.68 Å². The molecule has 2 aliphatic heterocycles. The van der Waals surface area contributed by atoms with E-state index in [0.29, 0.717) is 42.5 Å². The van der Waals surface area contributed by atoms with Gasteiger partial charge >= 0.3 is 0 Å². The lowest BCUT2D eigenvalue weighted by Gasteiger charge is -2.43. The Morgan fingerprint density at radius 2 is 1.83 bits per heavy atom. The van der Waals surface area contributed by atoms with E-state index in [1.54, 1.807) is 4.68 Å². The van der Waals surface area contributed by atoms with Crippen LogP contribution >= 0.6 is 0 Å². The second-order valence-corrected chi connectivity index (χ2v) is 9.10. The van der Waals surface area contributed by atoms with Crippen LogP contribution in [0.1, 0.15) is 35.6 Å². The average molecular weight is 487 g/mol. The zero-order valence-electron chi connectivity index (χ0n) is 20.3. The van der Waals surface area contributed by atoms with Crippen LogP contribution in [0.15, 0.2) is 67.3 Å². The summed E-state index contributed by atoms with van der Waals surface area (Å²) >= 11 is 0. The lowest BCUT2D eigenvalue weighted by atomic mass is 10.00. The first kappa shape index (κ1) is 23.6. The van der Waals surface area contributed by atoms with Crippen molar-refractivity contribution >= 4 is 17.5 Å². The number of piperazine rings is 1. The largest absolute Gasteiger partial charge is 0.457 e. The third kappa shape index (κ3) is 4.45. The molecule has 2 aromatic carbocycles. The maximum atomic E-state index is 12.6. The summed E-state index contributed by atoms with van der Waals surface area (Å²) in [7, 11) is 0. The van der Waals surface area contributed by atoms with Crippen molar-refractivity contribution < 1.29 is 14.3 Å². The third-order valence-corrected chi connectivity index (χ3v) is 6.80. The van der Waals surface area contributed by atoms with Gasteiger partial charge in [0.15, 0.2) is 5.69 Å². The van der Waals surface area contributed by atoms with Gasteiger partial charge in [0.25, 0.3) is 5.91 Å². The number of benzene rings is 2. The van der Waals surface area contributed by atoms with Gasteiger partial charge in [-0.3, -0.25) is 14.5 Å². The Morgan fingerprint density at radius 1 is 1.11 bits per heavy atom. The van der Waals surface area contributed by atoms with Crippen LogP contribution in [0.2, 0.25) is 0 Å². The summed E-state index contributed by atoms with van der Waals surface area (Å²) in [6.45, 7) is 8.42. The number of carbonyl (C=O) groups is 2. The Kier molecular flexibility index (Phi) is 6.47. The molecule has 2 amide bonds. The summed E-state index contributed by atoms with van der Waals surface area (Å²) in [5.41, 5.74) is 8.37. The quantitative estimate of drug-likeness (QED) is 0.518. The van der Waals surface area contributed by atoms with Crippen LogP contribution in [0.4, 0.5) is 5.69 Å². The van der Waals surface area contributed by atoms with Gasteiger partial charge in [0.2, 0.25) is 5.91 Å². The van der Waals surface area contributed by atoms with Crippen molar-refractivity contribution in [3.05, 3.63) is 78.6 Å². The Hall–Kier alpha value is -4.11. The number of carbonyl (C=O) groups excluding carboxylic acids is 2. The van der Waals surface area contributed by atoms with E-state index in [4.69, 9.17) is 15.6 Å². The van der Waals surface area contributed by atoms with Gasteiger partial charge in [0.1, 0.15) is 17.2 Å². The molecule has 2 atom stereocenters. The van der Waals surface area contributed by atoms with Crippen molar-refractivity contribution in [3.63, 3.8) is 0 Å². The predicted octanol–water partition coefficient (Wildman–Crippen LogP) is 3.34. The van der Waals surface area contributed by atoms with Crippen molar-refractivity contribution in [2.24, 2.45) is 5.73 Å². The molecule has 3 heterocycles. The van der Waals surface area contributed by atoms with Gasteiger partial charge in [0.05, 0.1) is 17.4 Å². The molecular weight excluding hydrogens is 456 g/mol. The van der Waals surface area contributed by atoms with Crippen LogP contribution in [0, 0.1) is 0 Å².